The van der Waals surface area contributed by atoms with E-state index >= 15 is 0 Å². The van der Waals surface area contributed by atoms with Crippen LogP contribution in [0.5, 0.6) is 0 Å². The number of carbonyl (C=O) groups is 1. The van der Waals surface area contributed by atoms with Crippen LogP contribution in [0.4, 0.5) is 14.9 Å². The molecule has 1 fully saturated rings. The molecule has 1 saturated heterocycles. The minimum Gasteiger partial charge on any atom is -0.317 e. The summed E-state index contributed by atoms with van der Waals surface area (Å²) in [5, 5.41) is 7.57. The molecule has 1 unspecified atom stereocenters. The minimum atomic E-state index is -0.576. The van der Waals surface area contributed by atoms with Crippen molar-refractivity contribution in [1.82, 2.24) is 30.1 Å². The van der Waals surface area contributed by atoms with Crippen molar-refractivity contribution in [3.63, 3.8) is 0 Å². The van der Waals surface area contributed by atoms with Crippen molar-refractivity contribution in [3.05, 3.63) is 112 Å². The van der Waals surface area contributed by atoms with E-state index in [1.807, 2.05) is 30.4 Å². The molecule has 1 spiro atoms. The third-order valence-electron chi connectivity index (χ3n) is 8.35. The fraction of sp³-hybridized carbons (Fsp3) is 0.250. The van der Waals surface area contributed by atoms with Gasteiger partial charge in [-0.15, -0.1) is 0 Å². The summed E-state index contributed by atoms with van der Waals surface area (Å²) in [6, 6.07) is 14.7. The predicted molar refractivity (Wildman–Crippen MR) is 165 cm³/mol. The molecule has 214 valence electrons. The molecule has 42 heavy (non-hydrogen) atoms. The number of urea groups is 1. The van der Waals surface area contributed by atoms with Crippen LogP contribution < -0.4 is 15.1 Å². The van der Waals surface area contributed by atoms with Gasteiger partial charge in [0.2, 0.25) is 5.95 Å². The Bertz CT molecular complexity index is 1640. The van der Waals surface area contributed by atoms with Gasteiger partial charge in [0, 0.05) is 42.3 Å². The van der Waals surface area contributed by atoms with Crippen LogP contribution in [0.1, 0.15) is 29.5 Å². The van der Waals surface area contributed by atoms with Crippen LogP contribution in [0.15, 0.2) is 79.5 Å². The Morgan fingerprint density at radius 3 is 2.60 bits per heavy atom. The number of nitrogens with zero attached hydrogens (tertiary/aromatic N) is 4. The predicted octanol–water partition coefficient (Wildman–Crippen LogP) is 6.55. The molecule has 4 heterocycles. The van der Waals surface area contributed by atoms with Crippen LogP contribution in [-0.2, 0) is 12.0 Å². The lowest BCUT2D eigenvalue weighted by molar-refractivity contribution is 0.189. The number of carbonyl (C=O) groups excluding carboxylic acids is 1. The highest BCUT2D eigenvalue weighted by Gasteiger charge is 2.57. The van der Waals surface area contributed by atoms with Crippen LogP contribution >= 0.6 is 23.2 Å². The average molecular weight is 605 g/mol. The zero-order chi connectivity index (χ0) is 29.2. The van der Waals surface area contributed by atoms with Gasteiger partial charge in [0.25, 0.3) is 0 Å². The molecule has 2 N–H and O–H groups in total. The van der Waals surface area contributed by atoms with Crippen LogP contribution in [0, 0.1) is 5.95 Å². The fourth-order valence-corrected chi connectivity index (χ4v) is 6.58. The molecule has 2 amide bonds. The minimum absolute atomic E-state index is 0.0896. The van der Waals surface area contributed by atoms with E-state index in [2.05, 4.69) is 37.7 Å². The van der Waals surface area contributed by atoms with Crippen LogP contribution in [0.2, 0.25) is 10.0 Å². The van der Waals surface area contributed by atoms with Crippen molar-refractivity contribution < 1.29 is 9.18 Å². The van der Waals surface area contributed by atoms with Gasteiger partial charge in [0.05, 0.1) is 15.5 Å². The van der Waals surface area contributed by atoms with E-state index in [1.165, 1.54) is 24.2 Å². The molecule has 0 radical (unpaired) electrons. The van der Waals surface area contributed by atoms with Gasteiger partial charge in [-0.1, -0.05) is 35.3 Å². The summed E-state index contributed by atoms with van der Waals surface area (Å²) in [7, 11) is 0. The molecule has 0 aliphatic carbocycles. The lowest BCUT2D eigenvalue weighted by atomic mass is 9.74. The molecule has 0 bridgehead atoms. The summed E-state index contributed by atoms with van der Waals surface area (Å²) >= 11 is 12.4. The van der Waals surface area contributed by atoms with Crippen LogP contribution in [-0.4, -0.2) is 47.2 Å². The monoisotopic (exact) mass is 603 g/mol. The lowest BCUT2D eigenvalue weighted by Gasteiger charge is -2.36. The summed E-state index contributed by atoms with van der Waals surface area (Å²) in [5.74, 6) is -0.576. The topological polar surface area (TPSA) is 79.8 Å². The third kappa shape index (κ3) is 5.55. The van der Waals surface area contributed by atoms with Crippen molar-refractivity contribution >= 4 is 41.0 Å². The SMILES string of the molecule is O=C(NCc1ccnc(F)c1)[N+]1(C/C=C/c2ccc(Cl)c(Cl)c2)CC2(CCNCC2)c2cc(-c3cncnc3)ccc21. The van der Waals surface area contributed by atoms with Crippen molar-refractivity contribution in [2.24, 2.45) is 0 Å². The van der Waals surface area contributed by atoms with E-state index in [0.29, 0.717) is 28.7 Å². The zero-order valence-corrected chi connectivity index (χ0v) is 24.4. The fourth-order valence-electron chi connectivity index (χ4n) is 6.27. The molecule has 2 aliphatic rings. The normalized spacial score (nSPS) is 19.2. The van der Waals surface area contributed by atoms with E-state index < -0.39 is 5.95 Å². The number of amides is 2. The van der Waals surface area contributed by atoms with E-state index in [-0.39, 0.29) is 22.5 Å². The second-order valence-electron chi connectivity index (χ2n) is 10.9. The molecule has 10 heteroatoms. The van der Waals surface area contributed by atoms with E-state index in [9.17, 15) is 9.18 Å². The Labute approximate surface area is 254 Å². The molecule has 0 saturated carbocycles. The third-order valence-corrected chi connectivity index (χ3v) is 9.09. The quantitative estimate of drug-likeness (QED) is 0.193. The first-order chi connectivity index (χ1) is 20.4. The zero-order valence-electron chi connectivity index (χ0n) is 22.9. The molecule has 4 aromatic rings. The Morgan fingerprint density at radius 2 is 1.83 bits per heavy atom. The highest BCUT2D eigenvalue weighted by atomic mass is 35.5. The van der Waals surface area contributed by atoms with Gasteiger partial charge >= 0.3 is 6.03 Å². The summed E-state index contributed by atoms with van der Waals surface area (Å²) < 4.78 is 13.9. The Kier molecular flexibility index (Phi) is 8.05. The van der Waals surface area contributed by atoms with Gasteiger partial charge in [-0.25, -0.2) is 24.2 Å². The molecule has 7 nitrogen and oxygen atoms in total. The second kappa shape index (κ2) is 11.9. The highest BCUT2D eigenvalue weighted by molar-refractivity contribution is 6.42. The molecule has 1 atom stereocenters. The van der Waals surface area contributed by atoms with Gasteiger partial charge in [0.15, 0.2) is 0 Å². The van der Waals surface area contributed by atoms with E-state index in [4.69, 9.17) is 23.2 Å². The maximum Gasteiger partial charge on any atom is 0.422 e. The number of rotatable bonds is 6. The lowest BCUT2D eigenvalue weighted by Crippen LogP contribution is -2.60. The van der Waals surface area contributed by atoms with E-state index in [0.717, 1.165) is 48.3 Å². The first kappa shape index (κ1) is 28.4. The Hall–Kier alpha value is -3.69. The Morgan fingerprint density at radius 1 is 1.02 bits per heavy atom. The average Bonchev–Trinajstić information content (AvgIpc) is 3.27. The summed E-state index contributed by atoms with van der Waals surface area (Å²) in [4.78, 5) is 26.4. The van der Waals surface area contributed by atoms with Gasteiger partial charge in [0.1, 0.15) is 25.1 Å². The molecule has 2 aliphatic heterocycles. The first-order valence-corrected chi connectivity index (χ1v) is 14.6. The number of aromatic nitrogens is 3. The van der Waals surface area contributed by atoms with Crippen molar-refractivity contribution in [3.8, 4) is 11.1 Å². The van der Waals surface area contributed by atoms with Crippen molar-refractivity contribution in [2.75, 3.05) is 26.2 Å². The smallest absolute Gasteiger partial charge is 0.317 e. The number of piperidine rings is 1. The van der Waals surface area contributed by atoms with Crippen LogP contribution in [0.3, 0.4) is 0 Å². The number of nitrogens with one attached hydrogen (secondary N) is 2. The molecular weight excluding hydrogens is 574 g/mol. The number of benzene rings is 2. The summed E-state index contributed by atoms with van der Waals surface area (Å²) in [6.07, 6.45) is 12.4. The number of quaternary nitrogens is 1. The second-order valence-corrected chi connectivity index (χ2v) is 11.7. The number of halogens is 3. The number of hydrogen-bond acceptors (Lipinski definition) is 5. The maximum absolute atomic E-state index is 14.4. The summed E-state index contributed by atoms with van der Waals surface area (Å²) in [6.45, 7) is 2.97. The summed E-state index contributed by atoms with van der Waals surface area (Å²) in [5.41, 5.74) is 5.45. The first-order valence-electron chi connectivity index (χ1n) is 13.9. The number of hydrogen-bond donors (Lipinski definition) is 2. The number of fused-ring (bicyclic) bond motifs is 2. The maximum atomic E-state index is 14.4. The van der Waals surface area contributed by atoms with Gasteiger partial charge < -0.3 is 10.6 Å². The van der Waals surface area contributed by atoms with Crippen molar-refractivity contribution in [1.29, 1.82) is 0 Å². The van der Waals surface area contributed by atoms with Gasteiger partial charge in [-0.2, -0.15) is 4.39 Å². The molecule has 2 aromatic carbocycles. The van der Waals surface area contributed by atoms with E-state index in [1.54, 1.807) is 24.5 Å². The van der Waals surface area contributed by atoms with Gasteiger partial charge in [-0.3, -0.25) is 0 Å². The Balaban J connectivity index is 1.41. The molecule has 6 rings (SSSR count). The standard InChI is InChI=1S/C32H29Cl2FN6O/c33-27-5-3-22(14-28(27)34)2-1-13-41(31(42)40-17-23-7-10-39-30(35)15-23)20-32(8-11-36-12-9-32)26-16-24(4-6-29(26)41)25-18-37-21-38-19-25/h1-7,10,14-16,18-19,21,36H,8-9,11-13,17,20H2/p+1/b2-1+. The van der Waals surface area contributed by atoms with Gasteiger partial charge in [-0.05, 0) is 85.1 Å². The molecule has 2 aromatic heterocycles. The van der Waals surface area contributed by atoms with Crippen LogP contribution in [0.25, 0.3) is 17.2 Å². The largest absolute Gasteiger partial charge is 0.422 e. The highest BCUT2D eigenvalue weighted by Crippen LogP contribution is 2.51. The number of pyridine rings is 1. The molecular formula is C32H30Cl2FN6O+. The van der Waals surface area contributed by atoms with Crippen molar-refractivity contribution in [2.45, 2.75) is 24.8 Å².